The minimum absolute atomic E-state index is 0.297. The Balaban J connectivity index is 2.51. The summed E-state index contributed by atoms with van der Waals surface area (Å²) in [5.74, 6) is -1.25. The standard InChI is InChI=1S/C16H23BrN2O3/c1-9-11(14(20)15(21)22)13(12(17)10(2)18-9)19-7-5-16(3,4)6-8-19/h14,20H,5-8H2,1-4H3,(H,21,22)/t14-/m0/s1. The van der Waals surface area contributed by atoms with Gasteiger partial charge in [-0.3, -0.25) is 4.98 Å². The number of halogens is 1. The molecule has 1 aliphatic heterocycles. The largest absolute Gasteiger partial charge is 0.479 e. The van der Waals surface area contributed by atoms with Crippen LogP contribution in [0.5, 0.6) is 0 Å². The number of pyridine rings is 1. The van der Waals surface area contributed by atoms with Crippen molar-refractivity contribution in [3.05, 3.63) is 21.4 Å². The lowest BCUT2D eigenvalue weighted by Crippen LogP contribution is -2.38. The van der Waals surface area contributed by atoms with E-state index in [9.17, 15) is 15.0 Å². The predicted molar refractivity (Wildman–Crippen MR) is 89.2 cm³/mol. The van der Waals surface area contributed by atoms with Crippen LogP contribution in [0.3, 0.4) is 0 Å². The number of hydrogen-bond donors (Lipinski definition) is 2. The molecule has 0 amide bonds. The van der Waals surface area contributed by atoms with Crippen LogP contribution in [0.15, 0.2) is 4.47 Å². The number of aliphatic hydroxyl groups is 1. The van der Waals surface area contributed by atoms with E-state index < -0.39 is 12.1 Å². The predicted octanol–water partition coefficient (Wildman–Crippen LogP) is 3.21. The van der Waals surface area contributed by atoms with Gasteiger partial charge in [0.25, 0.3) is 0 Å². The molecule has 1 saturated heterocycles. The molecule has 2 N–H and O–H groups in total. The van der Waals surface area contributed by atoms with Gasteiger partial charge in [0.2, 0.25) is 0 Å². The molecule has 1 aromatic rings. The van der Waals surface area contributed by atoms with Crippen molar-refractivity contribution < 1.29 is 15.0 Å². The van der Waals surface area contributed by atoms with E-state index in [0.29, 0.717) is 16.7 Å². The fourth-order valence-electron chi connectivity index (χ4n) is 2.92. The first kappa shape index (κ1) is 17.2. The molecule has 1 aromatic heterocycles. The monoisotopic (exact) mass is 370 g/mol. The molecule has 5 nitrogen and oxygen atoms in total. The number of hydrogen-bond acceptors (Lipinski definition) is 4. The molecule has 22 heavy (non-hydrogen) atoms. The van der Waals surface area contributed by atoms with Crippen LogP contribution in [0.1, 0.15) is 49.7 Å². The Morgan fingerprint density at radius 3 is 2.32 bits per heavy atom. The highest BCUT2D eigenvalue weighted by atomic mass is 79.9. The summed E-state index contributed by atoms with van der Waals surface area (Å²) in [5.41, 5.74) is 2.83. The molecule has 0 radical (unpaired) electrons. The first-order chi connectivity index (χ1) is 10.1. The van der Waals surface area contributed by atoms with Gasteiger partial charge in [-0.2, -0.15) is 0 Å². The van der Waals surface area contributed by atoms with Crippen LogP contribution in [0, 0.1) is 19.3 Å². The van der Waals surface area contributed by atoms with Crippen LogP contribution >= 0.6 is 15.9 Å². The van der Waals surface area contributed by atoms with E-state index in [1.54, 1.807) is 6.92 Å². The second-order valence-electron chi connectivity index (χ2n) is 6.75. The highest BCUT2D eigenvalue weighted by molar-refractivity contribution is 9.10. The maximum atomic E-state index is 11.3. The van der Waals surface area contributed by atoms with Crippen LogP contribution in [-0.2, 0) is 4.79 Å². The second kappa shape index (κ2) is 6.16. The van der Waals surface area contributed by atoms with Gasteiger partial charge in [-0.1, -0.05) is 13.8 Å². The highest BCUT2D eigenvalue weighted by Gasteiger charge is 2.32. The molecule has 2 rings (SSSR count). The molecule has 0 bridgehead atoms. The number of rotatable bonds is 3. The first-order valence-electron chi connectivity index (χ1n) is 7.46. The lowest BCUT2D eigenvalue weighted by molar-refractivity contribution is -0.147. The summed E-state index contributed by atoms with van der Waals surface area (Å²) in [4.78, 5) is 17.8. The topological polar surface area (TPSA) is 73.7 Å². The van der Waals surface area contributed by atoms with Crippen molar-refractivity contribution in [2.75, 3.05) is 18.0 Å². The third-order valence-electron chi connectivity index (χ3n) is 4.45. The number of carboxylic acids is 1. The van der Waals surface area contributed by atoms with Crippen LogP contribution in [0.4, 0.5) is 5.69 Å². The van der Waals surface area contributed by atoms with Gasteiger partial charge in [-0.05, 0) is 48.0 Å². The third-order valence-corrected chi connectivity index (χ3v) is 5.40. The second-order valence-corrected chi connectivity index (χ2v) is 7.54. The maximum Gasteiger partial charge on any atom is 0.337 e. The summed E-state index contributed by atoms with van der Waals surface area (Å²) in [5, 5.41) is 19.3. The first-order valence-corrected chi connectivity index (χ1v) is 8.26. The van der Waals surface area contributed by atoms with E-state index in [4.69, 9.17) is 0 Å². The minimum atomic E-state index is -1.56. The van der Waals surface area contributed by atoms with Gasteiger partial charge in [0.1, 0.15) is 0 Å². The fourth-order valence-corrected chi connectivity index (χ4v) is 3.47. The van der Waals surface area contributed by atoms with E-state index >= 15 is 0 Å². The molecule has 1 aliphatic rings. The van der Waals surface area contributed by atoms with E-state index in [1.165, 1.54) is 0 Å². The Kier molecular flexibility index (Phi) is 4.82. The summed E-state index contributed by atoms with van der Waals surface area (Å²) < 4.78 is 0.771. The van der Waals surface area contributed by atoms with Crippen LogP contribution in [0.2, 0.25) is 0 Å². The van der Waals surface area contributed by atoms with Crippen LogP contribution in [0.25, 0.3) is 0 Å². The molecular formula is C16H23BrN2O3. The van der Waals surface area contributed by atoms with Crippen LogP contribution < -0.4 is 4.90 Å². The van der Waals surface area contributed by atoms with E-state index in [1.807, 2.05) is 6.92 Å². The van der Waals surface area contributed by atoms with Gasteiger partial charge in [0.05, 0.1) is 15.9 Å². The van der Waals surface area contributed by atoms with Gasteiger partial charge in [-0.25, -0.2) is 4.79 Å². The lowest BCUT2D eigenvalue weighted by Gasteiger charge is -2.40. The summed E-state index contributed by atoms with van der Waals surface area (Å²) in [6.07, 6.45) is 0.500. The van der Waals surface area contributed by atoms with Gasteiger partial charge in [0.15, 0.2) is 6.10 Å². The smallest absolute Gasteiger partial charge is 0.337 e. The van der Waals surface area contributed by atoms with Gasteiger partial charge < -0.3 is 15.1 Å². The van der Waals surface area contributed by atoms with E-state index in [2.05, 4.69) is 39.7 Å². The lowest BCUT2D eigenvalue weighted by atomic mass is 9.82. The summed E-state index contributed by atoms with van der Waals surface area (Å²) in [6, 6.07) is 0. The minimum Gasteiger partial charge on any atom is -0.479 e. The zero-order valence-electron chi connectivity index (χ0n) is 13.5. The summed E-state index contributed by atoms with van der Waals surface area (Å²) in [6.45, 7) is 9.80. The Hall–Kier alpha value is -1.14. The van der Waals surface area contributed by atoms with Gasteiger partial charge >= 0.3 is 5.97 Å². The summed E-state index contributed by atoms with van der Waals surface area (Å²) >= 11 is 3.54. The Morgan fingerprint density at radius 2 is 1.82 bits per heavy atom. The molecule has 6 heteroatoms. The third kappa shape index (κ3) is 3.27. The van der Waals surface area contributed by atoms with Crippen molar-refractivity contribution >= 4 is 27.6 Å². The molecule has 2 heterocycles. The quantitative estimate of drug-likeness (QED) is 0.854. The molecule has 0 saturated carbocycles. The number of carboxylic acid groups (broad SMARTS) is 1. The number of aliphatic carboxylic acids is 1. The molecular weight excluding hydrogens is 348 g/mol. The number of aromatic nitrogens is 1. The van der Waals surface area contributed by atoms with Crippen molar-refractivity contribution in [2.45, 2.75) is 46.6 Å². The average Bonchev–Trinajstić information content (AvgIpc) is 2.42. The molecule has 1 fully saturated rings. The zero-order chi connectivity index (χ0) is 16.7. The highest BCUT2D eigenvalue weighted by Crippen LogP contribution is 2.41. The molecule has 1 atom stereocenters. The zero-order valence-corrected chi connectivity index (χ0v) is 15.1. The molecule has 0 aromatic carbocycles. The van der Waals surface area contributed by atoms with E-state index in [-0.39, 0.29) is 0 Å². The van der Waals surface area contributed by atoms with Crippen molar-refractivity contribution in [1.82, 2.24) is 4.98 Å². The number of carbonyl (C=O) groups is 1. The number of anilines is 1. The van der Waals surface area contributed by atoms with Crippen molar-refractivity contribution in [3.8, 4) is 0 Å². The Morgan fingerprint density at radius 1 is 1.27 bits per heavy atom. The number of nitrogens with zero attached hydrogens (tertiary/aromatic N) is 2. The number of aryl methyl sites for hydroxylation is 2. The fraction of sp³-hybridized carbons (Fsp3) is 0.625. The summed E-state index contributed by atoms with van der Waals surface area (Å²) in [7, 11) is 0. The van der Waals surface area contributed by atoms with Crippen LogP contribution in [-0.4, -0.2) is 34.3 Å². The number of aliphatic hydroxyl groups excluding tert-OH is 1. The van der Waals surface area contributed by atoms with Gasteiger partial charge in [0, 0.05) is 24.3 Å². The van der Waals surface area contributed by atoms with Crippen molar-refractivity contribution in [2.24, 2.45) is 5.41 Å². The Bertz CT molecular complexity index is 592. The van der Waals surface area contributed by atoms with Gasteiger partial charge in [-0.15, -0.1) is 0 Å². The number of piperidine rings is 1. The molecule has 0 unspecified atom stereocenters. The normalized spacial score (nSPS) is 19.1. The molecule has 0 aliphatic carbocycles. The maximum absolute atomic E-state index is 11.3. The SMILES string of the molecule is Cc1nc(C)c([C@H](O)C(=O)O)c(N2CCC(C)(C)CC2)c1Br. The Labute approximate surface area is 139 Å². The average molecular weight is 371 g/mol. The van der Waals surface area contributed by atoms with Crippen molar-refractivity contribution in [1.29, 1.82) is 0 Å². The molecule has 0 spiro atoms. The molecule has 122 valence electrons. The van der Waals surface area contributed by atoms with E-state index in [0.717, 1.165) is 41.8 Å². The van der Waals surface area contributed by atoms with Crippen molar-refractivity contribution in [3.63, 3.8) is 0 Å².